The van der Waals surface area contributed by atoms with E-state index in [0.29, 0.717) is 5.56 Å². The second-order valence-corrected chi connectivity index (χ2v) is 6.64. The zero-order valence-corrected chi connectivity index (χ0v) is 13.6. The molecule has 1 aliphatic carbocycles. The van der Waals surface area contributed by atoms with Crippen LogP contribution < -0.4 is 5.32 Å². The van der Waals surface area contributed by atoms with Crippen LogP contribution in [-0.4, -0.2) is 21.7 Å². The smallest absolute Gasteiger partial charge is 0.285 e. The van der Waals surface area contributed by atoms with Crippen molar-refractivity contribution in [2.75, 3.05) is 0 Å². The quantitative estimate of drug-likeness (QED) is 0.389. The number of carbonyl (C=O) groups is 1. The maximum atomic E-state index is 12.4. The summed E-state index contributed by atoms with van der Waals surface area (Å²) in [6, 6.07) is 4.87. The number of nitro groups is 1. The number of nitrogens with one attached hydrogen (secondary N) is 1. The van der Waals surface area contributed by atoms with E-state index in [0.717, 1.165) is 25.7 Å². The van der Waals surface area contributed by atoms with Crippen molar-refractivity contribution in [2.45, 2.75) is 49.9 Å². The summed E-state index contributed by atoms with van der Waals surface area (Å²) in [5.74, 6) is -0.359. The van der Waals surface area contributed by atoms with E-state index < -0.39 is 4.92 Å². The lowest BCUT2D eigenvalue weighted by molar-refractivity contribution is -0.385. The van der Waals surface area contributed by atoms with Crippen LogP contribution in [0.2, 0.25) is 0 Å². The van der Waals surface area contributed by atoms with E-state index in [9.17, 15) is 14.9 Å². The molecule has 2 atom stereocenters. The summed E-state index contributed by atoms with van der Waals surface area (Å²) in [5.41, 5.74) is 0.544. The molecule has 1 aromatic carbocycles. The van der Waals surface area contributed by atoms with Gasteiger partial charge in [-0.2, -0.15) is 0 Å². The predicted molar refractivity (Wildman–Crippen MR) is 84.9 cm³/mol. The third-order valence-corrected chi connectivity index (χ3v) is 5.01. The molecule has 21 heavy (non-hydrogen) atoms. The van der Waals surface area contributed by atoms with Gasteiger partial charge in [-0.15, -0.1) is 0 Å². The Kier molecular flexibility index (Phi) is 5.33. The minimum Gasteiger partial charge on any atom is -0.348 e. The SMILES string of the molecule is Cc1cccc(C(=O)NC2CCCCCC2Br)c1[N+](=O)[O-]. The minimum absolute atomic E-state index is 0.0279. The maximum Gasteiger partial charge on any atom is 0.285 e. The number of aryl methyl sites for hydroxylation is 1. The number of nitrogens with zero attached hydrogens (tertiary/aromatic N) is 1. The number of carbonyl (C=O) groups excluding carboxylic acids is 1. The van der Waals surface area contributed by atoms with Crippen LogP contribution in [0, 0.1) is 17.0 Å². The molecule has 0 aromatic heterocycles. The van der Waals surface area contributed by atoms with Crippen LogP contribution in [0.4, 0.5) is 5.69 Å². The normalized spacial score (nSPS) is 22.4. The molecule has 5 nitrogen and oxygen atoms in total. The molecule has 2 rings (SSSR count). The van der Waals surface area contributed by atoms with E-state index in [1.54, 1.807) is 19.1 Å². The number of para-hydroxylation sites is 1. The Balaban J connectivity index is 2.20. The average Bonchev–Trinajstić information content (AvgIpc) is 2.63. The number of halogens is 1. The van der Waals surface area contributed by atoms with E-state index in [4.69, 9.17) is 0 Å². The standard InChI is InChI=1S/C15H19BrN2O3/c1-10-6-5-7-11(14(10)18(20)21)15(19)17-13-9-4-2-3-8-12(13)16/h5-7,12-13H,2-4,8-9H2,1H3,(H,17,19). The number of nitro benzene ring substituents is 1. The van der Waals surface area contributed by atoms with Gasteiger partial charge < -0.3 is 5.32 Å². The monoisotopic (exact) mass is 354 g/mol. The Labute approximate surface area is 132 Å². The van der Waals surface area contributed by atoms with Gasteiger partial charge in [0.05, 0.1) is 4.92 Å². The lowest BCUT2D eigenvalue weighted by Gasteiger charge is -2.21. The van der Waals surface area contributed by atoms with Crippen molar-refractivity contribution < 1.29 is 9.72 Å². The van der Waals surface area contributed by atoms with Gasteiger partial charge in [-0.25, -0.2) is 0 Å². The van der Waals surface area contributed by atoms with E-state index in [2.05, 4.69) is 21.2 Å². The Hall–Kier alpha value is -1.43. The molecule has 2 unspecified atom stereocenters. The molecule has 0 bridgehead atoms. The topological polar surface area (TPSA) is 72.2 Å². The maximum absolute atomic E-state index is 12.4. The molecular weight excluding hydrogens is 336 g/mol. The number of amides is 1. The first-order valence-corrected chi connectivity index (χ1v) is 8.11. The number of benzene rings is 1. The fourth-order valence-corrected chi connectivity index (χ4v) is 3.48. The fourth-order valence-electron chi connectivity index (χ4n) is 2.76. The zero-order chi connectivity index (χ0) is 15.4. The number of rotatable bonds is 3. The van der Waals surface area contributed by atoms with E-state index >= 15 is 0 Å². The number of hydrogen-bond donors (Lipinski definition) is 1. The molecule has 1 N–H and O–H groups in total. The summed E-state index contributed by atoms with van der Waals surface area (Å²) < 4.78 is 0. The summed E-state index contributed by atoms with van der Waals surface area (Å²) in [4.78, 5) is 23.3. The lowest BCUT2D eigenvalue weighted by atomic mass is 10.1. The van der Waals surface area contributed by atoms with Crippen LogP contribution in [-0.2, 0) is 0 Å². The zero-order valence-electron chi connectivity index (χ0n) is 12.0. The second-order valence-electron chi connectivity index (χ2n) is 5.46. The van der Waals surface area contributed by atoms with Gasteiger partial charge in [0.25, 0.3) is 11.6 Å². The van der Waals surface area contributed by atoms with Gasteiger partial charge in [0.15, 0.2) is 0 Å². The molecule has 1 amide bonds. The van der Waals surface area contributed by atoms with Crippen LogP contribution in [0.1, 0.15) is 48.0 Å². The van der Waals surface area contributed by atoms with Crippen LogP contribution in [0.3, 0.4) is 0 Å². The van der Waals surface area contributed by atoms with Crippen LogP contribution in [0.15, 0.2) is 18.2 Å². The summed E-state index contributed by atoms with van der Waals surface area (Å²) in [6.07, 6.45) is 5.30. The van der Waals surface area contributed by atoms with E-state index in [1.807, 2.05) is 0 Å². The van der Waals surface area contributed by atoms with Crippen molar-refractivity contribution in [3.63, 3.8) is 0 Å². The summed E-state index contributed by atoms with van der Waals surface area (Å²) >= 11 is 3.62. The first kappa shape index (κ1) is 15.9. The van der Waals surface area contributed by atoms with E-state index in [-0.39, 0.29) is 28.0 Å². The molecule has 0 aliphatic heterocycles. The molecule has 1 aliphatic rings. The number of hydrogen-bond acceptors (Lipinski definition) is 3. The van der Waals surface area contributed by atoms with Crippen LogP contribution >= 0.6 is 15.9 Å². The third-order valence-electron chi connectivity index (χ3n) is 3.91. The molecule has 1 aromatic rings. The van der Waals surface area contributed by atoms with Crippen LogP contribution in [0.25, 0.3) is 0 Å². The summed E-state index contributed by atoms with van der Waals surface area (Å²) in [5, 5.41) is 14.1. The Morgan fingerprint density at radius 3 is 2.76 bits per heavy atom. The number of alkyl halides is 1. The predicted octanol–water partition coefficient (Wildman–Crippen LogP) is 3.73. The average molecular weight is 355 g/mol. The first-order chi connectivity index (χ1) is 10.0. The summed E-state index contributed by atoms with van der Waals surface area (Å²) in [7, 11) is 0. The third kappa shape index (κ3) is 3.81. The molecule has 0 radical (unpaired) electrons. The highest BCUT2D eigenvalue weighted by molar-refractivity contribution is 9.09. The van der Waals surface area contributed by atoms with Gasteiger partial charge >= 0.3 is 0 Å². The van der Waals surface area contributed by atoms with E-state index in [1.165, 1.54) is 12.5 Å². The van der Waals surface area contributed by atoms with Crippen LogP contribution in [0.5, 0.6) is 0 Å². The second kappa shape index (κ2) is 7.02. The van der Waals surface area contributed by atoms with Crippen molar-refractivity contribution in [1.82, 2.24) is 5.32 Å². The van der Waals surface area contributed by atoms with Crippen molar-refractivity contribution in [2.24, 2.45) is 0 Å². The van der Waals surface area contributed by atoms with Crippen molar-refractivity contribution in [3.8, 4) is 0 Å². The molecule has 6 heteroatoms. The van der Waals surface area contributed by atoms with Gasteiger partial charge in [-0.05, 0) is 25.8 Å². The Morgan fingerprint density at radius 2 is 2.05 bits per heavy atom. The highest BCUT2D eigenvalue weighted by atomic mass is 79.9. The highest BCUT2D eigenvalue weighted by Crippen LogP contribution is 2.26. The van der Waals surface area contributed by atoms with Gasteiger partial charge in [0.1, 0.15) is 5.56 Å². The van der Waals surface area contributed by atoms with Crippen molar-refractivity contribution in [3.05, 3.63) is 39.4 Å². The molecule has 0 saturated heterocycles. The Morgan fingerprint density at radius 1 is 1.33 bits per heavy atom. The summed E-state index contributed by atoms with van der Waals surface area (Å²) in [6.45, 7) is 1.65. The van der Waals surface area contributed by atoms with Gasteiger partial charge in [0.2, 0.25) is 0 Å². The van der Waals surface area contributed by atoms with Gasteiger partial charge in [0, 0.05) is 16.4 Å². The van der Waals surface area contributed by atoms with Gasteiger partial charge in [-0.3, -0.25) is 14.9 Å². The Bertz CT molecular complexity index is 548. The first-order valence-electron chi connectivity index (χ1n) is 7.19. The molecule has 1 saturated carbocycles. The molecule has 114 valence electrons. The lowest BCUT2D eigenvalue weighted by Crippen LogP contribution is -2.40. The van der Waals surface area contributed by atoms with Crippen molar-refractivity contribution in [1.29, 1.82) is 0 Å². The minimum atomic E-state index is -0.483. The fraction of sp³-hybridized carbons (Fsp3) is 0.533. The van der Waals surface area contributed by atoms with Crippen molar-refractivity contribution >= 4 is 27.5 Å². The molecular formula is C15H19BrN2O3. The highest BCUT2D eigenvalue weighted by Gasteiger charge is 2.27. The largest absolute Gasteiger partial charge is 0.348 e. The van der Waals surface area contributed by atoms with Gasteiger partial charge in [-0.1, -0.05) is 47.3 Å². The molecule has 1 fully saturated rings. The molecule has 0 spiro atoms. The molecule has 0 heterocycles.